The predicted molar refractivity (Wildman–Crippen MR) is 102 cm³/mol. The number of pyridine rings is 1. The van der Waals surface area contributed by atoms with Crippen LogP contribution in [0.1, 0.15) is 29.4 Å². The van der Waals surface area contributed by atoms with Gasteiger partial charge in [-0.3, -0.25) is 14.5 Å². The van der Waals surface area contributed by atoms with Gasteiger partial charge in [0, 0.05) is 25.5 Å². The molecule has 3 aromatic heterocycles. The van der Waals surface area contributed by atoms with Gasteiger partial charge in [0.25, 0.3) is 5.91 Å². The molecule has 0 aliphatic carbocycles. The maximum atomic E-state index is 12.7. The second kappa shape index (κ2) is 6.99. The lowest BCUT2D eigenvalue weighted by Crippen LogP contribution is -2.24. The number of hydrogen-bond acceptors (Lipinski definition) is 6. The Bertz CT molecular complexity index is 989. The summed E-state index contributed by atoms with van der Waals surface area (Å²) in [6, 6.07) is 7.56. The molecule has 28 heavy (non-hydrogen) atoms. The molecule has 5 heterocycles. The predicted octanol–water partition coefficient (Wildman–Crippen LogP) is 2.22. The van der Waals surface area contributed by atoms with Gasteiger partial charge in [0.15, 0.2) is 11.6 Å². The van der Waals surface area contributed by atoms with Crippen LogP contribution in [0.25, 0.3) is 5.82 Å². The number of anilines is 2. The highest BCUT2D eigenvalue weighted by atomic mass is 19.0. The smallest absolute Gasteiger partial charge is 0.262 e. The van der Waals surface area contributed by atoms with E-state index in [0.29, 0.717) is 23.8 Å². The number of aromatic nitrogens is 5. The van der Waals surface area contributed by atoms with E-state index in [0.717, 1.165) is 30.3 Å². The highest BCUT2D eigenvalue weighted by Crippen LogP contribution is 2.27. The molecule has 2 aliphatic heterocycles. The summed E-state index contributed by atoms with van der Waals surface area (Å²) in [6.45, 7) is 4.72. The van der Waals surface area contributed by atoms with Crippen molar-refractivity contribution in [3.63, 3.8) is 0 Å². The Morgan fingerprint density at radius 3 is 2.61 bits per heavy atom. The first-order chi connectivity index (χ1) is 13.2. The van der Waals surface area contributed by atoms with Crippen LogP contribution < -0.4 is 9.80 Å². The van der Waals surface area contributed by atoms with E-state index in [1.54, 1.807) is 28.2 Å². The van der Waals surface area contributed by atoms with Crippen molar-refractivity contribution < 1.29 is 9.50 Å². The van der Waals surface area contributed by atoms with Crippen molar-refractivity contribution in [2.75, 3.05) is 22.9 Å². The zero-order valence-electron chi connectivity index (χ0n) is 15.4. The van der Waals surface area contributed by atoms with E-state index >= 15 is 0 Å². The number of fused-ring (bicyclic) bond motifs is 1. The second-order valence-corrected chi connectivity index (χ2v) is 7.13. The van der Waals surface area contributed by atoms with Gasteiger partial charge in [0.1, 0.15) is 0 Å². The van der Waals surface area contributed by atoms with E-state index < -0.39 is 0 Å². The van der Waals surface area contributed by atoms with Crippen molar-refractivity contribution in [3.8, 4) is 5.82 Å². The van der Waals surface area contributed by atoms with E-state index in [2.05, 4.69) is 32.1 Å². The van der Waals surface area contributed by atoms with Gasteiger partial charge in [0.2, 0.25) is 0 Å². The minimum absolute atomic E-state index is 0. The maximum absolute atomic E-state index is 12.7. The molecule has 1 fully saturated rings. The third-order valence-corrected chi connectivity index (χ3v) is 5.15. The van der Waals surface area contributed by atoms with E-state index in [-0.39, 0.29) is 10.6 Å². The molecular weight excluding hydrogens is 361 g/mol. The lowest BCUT2D eigenvalue weighted by atomic mass is 10.2. The molecule has 0 aromatic carbocycles. The van der Waals surface area contributed by atoms with Gasteiger partial charge in [-0.1, -0.05) is 6.92 Å². The Morgan fingerprint density at radius 2 is 1.96 bits per heavy atom. The molecule has 9 heteroatoms. The summed E-state index contributed by atoms with van der Waals surface area (Å²) in [5.41, 5.74) is 2.11. The molecule has 0 N–H and O–H groups in total. The van der Waals surface area contributed by atoms with Crippen molar-refractivity contribution in [2.24, 2.45) is 5.92 Å². The van der Waals surface area contributed by atoms with Crippen LogP contribution in [0, 0.1) is 5.92 Å². The summed E-state index contributed by atoms with van der Waals surface area (Å²) >= 11 is 0. The maximum Gasteiger partial charge on any atom is 0.262 e. The molecular formula is C19H20FN7O. The summed E-state index contributed by atoms with van der Waals surface area (Å²) < 4.78 is 1.63. The van der Waals surface area contributed by atoms with Crippen molar-refractivity contribution in [3.05, 3.63) is 54.1 Å². The van der Waals surface area contributed by atoms with Crippen LogP contribution in [0.4, 0.5) is 16.2 Å². The number of hydrogen-bond donors (Lipinski definition) is 0. The molecule has 1 saturated heterocycles. The van der Waals surface area contributed by atoms with E-state index in [1.165, 1.54) is 6.42 Å². The first-order valence-corrected chi connectivity index (χ1v) is 9.08. The first-order valence-electron chi connectivity index (χ1n) is 9.08. The van der Waals surface area contributed by atoms with Crippen molar-refractivity contribution in [1.29, 1.82) is 0 Å². The minimum Gasteiger partial charge on any atom is -0.355 e. The Kier molecular flexibility index (Phi) is 4.50. The van der Waals surface area contributed by atoms with E-state index in [1.807, 2.05) is 24.3 Å². The topological polar surface area (TPSA) is 80.0 Å². The molecule has 0 radical (unpaired) electrons. The van der Waals surface area contributed by atoms with Gasteiger partial charge in [-0.15, -0.1) is 10.2 Å². The van der Waals surface area contributed by atoms with Gasteiger partial charge < -0.3 is 9.80 Å². The molecule has 2 aliphatic rings. The van der Waals surface area contributed by atoms with Crippen LogP contribution in [0.15, 0.2) is 42.9 Å². The molecule has 0 saturated carbocycles. The molecule has 5 rings (SSSR count). The highest BCUT2D eigenvalue weighted by Gasteiger charge is 2.32. The molecule has 144 valence electrons. The van der Waals surface area contributed by atoms with Crippen LogP contribution in [0.5, 0.6) is 0 Å². The summed E-state index contributed by atoms with van der Waals surface area (Å²) in [5.74, 6) is 2.12. The van der Waals surface area contributed by atoms with Gasteiger partial charge in [-0.05, 0) is 36.6 Å². The molecule has 1 unspecified atom stereocenters. The van der Waals surface area contributed by atoms with Crippen LogP contribution in [0.2, 0.25) is 0 Å². The normalized spacial score (nSPS) is 18.3. The Balaban J connectivity index is 0.00000192. The van der Waals surface area contributed by atoms with Crippen LogP contribution >= 0.6 is 0 Å². The Labute approximate surface area is 161 Å². The first kappa shape index (κ1) is 18.0. The number of nitrogens with zero attached hydrogens (tertiary/aromatic N) is 7. The zero-order valence-corrected chi connectivity index (χ0v) is 15.4. The number of carbonyl (C=O) groups excluding carboxylic acids is 1. The highest BCUT2D eigenvalue weighted by molar-refractivity contribution is 6.09. The van der Waals surface area contributed by atoms with Gasteiger partial charge in [0.05, 0.1) is 29.7 Å². The molecule has 3 aromatic rings. The van der Waals surface area contributed by atoms with Crippen molar-refractivity contribution in [2.45, 2.75) is 19.9 Å². The van der Waals surface area contributed by atoms with Crippen LogP contribution in [0.3, 0.4) is 0 Å². The molecule has 8 nitrogen and oxygen atoms in total. The number of halogens is 1. The quantitative estimate of drug-likeness (QED) is 0.692. The standard InChI is InChI=1S/C19H19N7O.FH/c1-13-6-8-24(10-13)17-4-5-18(22-21-17)26-11-15-16(23-26)12-25(19(15)27)14-3-2-7-20-9-14;/h2-5,7,9,11,13H,6,8,10,12H2,1H3;1H. The SMILES string of the molecule is CC1CCN(c2ccc(-n3cc4c(n3)CN(c3cccnc3)C4=O)nn2)C1.F. The van der Waals surface area contributed by atoms with Gasteiger partial charge in [-0.25, -0.2) is 4.68 Å². The third-order valence-electron chi connectivity index (χ3n) is 5.15. The van der Waals surface area contributed by atoms with Crippen molar-refractivity contribution in [1.82, 2.24) is 25.0 Å². The average molecular weight is 381 g/mol. The van der Waals surface area contributed by atoms with Crippen LogP contribution in [-0.4, -0.2) is 44.0 Å². The van der Waals surface area contributed by atoms with E-state index in [4.69, 9.17) is 0 Å². The number of amides is 1. The number of rotatable bonds is 3. The third kappa shape index (κ3) is 2.98. The van der Waals surface area contributed by atoms with Gasteiger partial charge >= 0.3 is 0 Å². The Hall–Kier alpha value is -3.36. The summed E-state index contributed by atoms with van der Waals surface area (Å²) in [7, 11) is 0. The van der Waals surface area contributed by atoms with Crippen molar-refractivity contribution >= 4 is 17.4 Å². The Morgan fingerprint density at radius 1 is 1.14 bits per heavy atom. The lowest BCUT2D eigenvalue weighted by molar-refractivity contribution is 0.0996. The molecule has 0 bridgehead atoms. The summed E-state index contributed by atoms with van der Waals surface area (Å²) in [5, 5.41) is 13.2. The molecule has 0 spiro atoms. The fraction of sp³-hybridized carbons (Fsp3) is 0.316. The fourth-order valence-electron chi connectivity index (χ4n) is 3.66. The fourth-order valence-corrected chi connectivity index (χ4v) is 3.66. The monoisotopic (exact) mass is 381 g/mol. The van der Waals surface area contributed by atoms with Crippen LogP contribution in [-0.2, 0) is 6.54 Å². The van der Waals surface area contributed by atoms with Gasteiger partial charge in [-0.2, -0.15) is 5.10 Å². The molecule has 1 amide bonds. The molecule has 1 atom stereocenters. The largest absolute Gasteiger partial charge is 0.355 e. The second-order valence-electron chi connectivity index (χ2n) is 7.13. The summed E-state index contributed by atoms with van der Waals surface area (Å²) in [6.07, 6.45) is 6.29. The number of carbonyl (C=O) groups is 1. The minimum atomic E-state index is -0.0696. The lowest BCUT2D eigenvalue weighted by Gasteiger charge is -2.16. The zero-order chi connectivity index (χ0) is 18.4. The average Bonchev–Trinajstić information content (AvgIpc) is 3.39. The van der Waals surface area contributed by atoms with E-state index in [9.17, 15) is 4.79 Å². The summed E-state index contributed by atoms with van der Waals surface area (Å²) in [4.78, 5) is 20.7.